The molecule has 1 rings (SSSR count). The third-order valence-corrected chi connectivity index (χ3v) is 3.14. The predicted molar refractivity (Wildman–Crippen MR) is 52.9 cm³/mol. The normalized spacial score (nSPS) is 30.0. The highest BCUT2D eigenvalue weighted by atomic mass is 16.4. The van der Waals surface area contributed by atoms with E-state index in [1.54, 1.807) is 6.92 Å². The molecule has 0 spiro atoms. The second kappa shape index (κ2) is 4.58. The smallest absolute Gasteiger partial charge is 0.306 e. The van der Waals surface area contributed by atoms with Crippen molar-refractivity contribution in [2.75, 3.05) is 0 Å². The second-order valence-electron chi connectivity index (χ2n) is 4.41. The van der Waals surface area contributed by atoms with Gasteiger partial charge in [0.15, 0.2) is 0 Å². The van der Waals surface area contributed by atoms with Crippen LogP contribution in [-0.4, -0.2) is 16.9 Å². The molecule has 3 unspecified atom stereocenters. The first kappa shape index (κ1) is 11.2. The summed E-state index contributed by atoms with van der Waals surface area (Å²) in [5.74, 6) is -0.797. The molecular weight excluding hydrogens is 180 g/mol. The van der Waals surface area contributed by atoms with E-state index in [4.69, 9.17) is 5.11 Å². The van der Waals surface area contributed by atoms with Gasteiger partial charge >= 0.3 is 5.97 Å². The van der Waals surface area contributed by atoms with Gasteiger partial charge in [0.25, 0.3) is 0 Å². The fourth-order valence-electron chi connectivity index (χ4n) is 2.12. The minimum absolute atomic E-state index is 0.00940. The van der Waals surface area contributed by atoms with Gasteiger partial charge in [0.05, 0.1) is 5.92 Å². The molecule has 3 heteroatoms. The summed E-state index contributed by atoms with van der Waals surface area (Å²) in [6.45, 7) is 3.62. The van der Waals surface area contributed by atoms with Gasteiger partial charge in [-0.25, -0.2) is 0 Å². The lowest BCUT2D eigenvalue weighted by atomic mass is 9.77. The molecule has 0 heterocycles. The van der Waals surface area contributed by atoms with Crippen LogP contribution >= 0.6 is 0 Å². The fourth-order valence-corrected chi connectivity index (χ4v) is 2.12. The Bertz CT molecular complexity index is 235. The van der Waals surface area contributed by atoms with Crippen molar-refractivity contribution >= 4 is 11.8 Å². The molecule has 0 aromatic carbocycles. The van der Waals surface area contributed by atoms with Gasteiger partial charge in [0.1, 0.15) is 5.78 Å². The van der Waals surface area contributed by atoms with E-state index in [2.05, 4.69) is 0 Å². The molecular formula is C11H18O3. The molecule has 14 heavy (non-hydrogen) atoms. The van der Waals surface area contributed by atoms with E-state index in [9.17, 15) is 9.59 Å². The first-order valence-electron chi connectivity index (χ1n) is 5.29. The first-order chi connectivity index (χ1) is 6.52. The van der Waals surface area contributed by atoms with Gasteiger partial charge in [-0.3, -0.25) is 9.59 Å². The molecule has 0 aliphatic heterocycles. The van der Waals surface area contributed by atoms with Crippen LogP contribution in [0.3, 0.4) is 0 Å². The van der Waals surface area contributed by atoms with Crippen LogP contribution in [0.1, 0.15) is 39.5 Å². The average Bonchev–Trinajstić information content (AvgIpc) is 2.12. The highest BCUT2D eigenvalue weighted by molar-refractivity contribution is 5.84. The summed E-state index contributed by atoms with van der Waals surface area (Å²) < 4.78 is 0. The number of hydrogen-bond donors (Lipinski definition) is 1. The number of aliphatic carboxylic acids is 1. The fraction of sp³-hybridized carbons (Fsp3) is 0.818. The van der Waals surface area contributed by atoms with Crippen LogP contribution in [-0.2, 0) is 9.59 Å². The van der Waals surface area contributed by atoms with Gasteiger partial charge in [-0.05, 0) is 19.3 Å². The Labute approximate surface area is 84.5 Å². The van der Waals surface area contributed by atoms with Gasteiger partial charge in [-0.1, -0.05) is 20.3 Å². The maximum absolute atomic E-state index is 11.7. The number of hydrogen-bond acceptors (Lipinski definition) is 2. The van der Waals surface area contributed by atoms with E-state index >= 15 is 0 Å². The Hall–Kier alpha value is -0.860. The highest BCUT2D eigenvalue weighted by Gasteiger charge is 2.30. The third kappa shape index (κ3) is 2.56. The molecule has 1 aliphatic carbocycles. The van der Waals surface area contributed by atoms with Crippen LogP contribution < -0.4 is 0 Å². The van der Waals surface area contributed by atoms with E-state index in [0.717, 1.165) is 19.3 Å². The number of carbonyl (C=O) groups excluding carboxylic acids is 1. The Morgan fingerprint density at radius 2 is 2.21 bits per heavy atom. The Balaban J connectivity index is 2.51. The predicted octanol–water partition coefficient (Wildman–Crippen LogP) is 2.10. The van der Waals surface area contributed by atoms with Crippen molar-refractivity contribution in [1.82, 2.24) is 0 Å². The molecule has 0 saturated heterocycles. The molecule has 80 valence electrons. The summed E-state index contributed by atoms with van der Waals surface area (Å²) in [5.41, 5.74) is 0. The molecule has 0 aromatic rings. The minimum Gasteiger partial charge on any atom is -0.481 e. The van der Waals surface area contributed by atoms with Crippen LogP contribution in [0, 0.1) is 17.8 Å². The number of carboxylic acid groups (broad SMARTS) is 1. The van der Waals surface area contributed by atoms with Gasteiger partial charge in [0.2, 0.25) is 0 Å². The largest absolute Gasteiger partial charge is 0.481 e. The van der Waals surface area contributed by atoms with Gasteiger partial charge < -0.3 is 5.11 Å². The maximum Gasteiger partial charge on any atom is 0.306 e. The summed E-state index contributed by atoms with van der Waals surface area (Å²) in [7, 11) is 0. The van der Waals surface area contributed by atoms with Gasteiger partial charge in [-0.2, -0.15) is 0 Å². The molecule has 1 saturated carbocycles. The lowest BCUT2D eigenvalue weighted by Crippen LogP contribution is -2.29. The van der Waals surface area contributed by atoms with E-state index in [1.165, 1.54) is 0 Å². The number of ketones is 1. The van der Waals surface area contributed by atoms with Crippen molar-refractivity contribution in [3.05, 3.63) is 0 Å². The lowest BCUT2D eigenvalue weighted by molar-refractivity contribution is -0.142. The molecule has 3 nitrogen and oxygen atoms in total. The van der Waals surface area contributed by atoms with E-state index in [1.807, 2.05) is 6.92 Å². The quantitative estimate of drug-likeness (QED) is 0.755. The van der Waals surface area contributed by atoms with Crippen LogP contribution in [0.2, 0.25) is 0 Å². The zero-order valence-electron chi connectivity index (χ0n) is 8.82. The van der Waals surface area contributed by atoms with Crippen molar-refractivity contribution in [2.45, 2.75) is 39.5 Å². The first-order valence-corrected chi connectivity index (χ1v) is 5.29. The number of carbonyl (C=O) groups is 2. The van der Waals surface area contributed by atoms with Crippen molar-refractivity contribution in [3.63, 3.8) is 0 Å². The highest BCUT2D eigenvalue weighted by Crippen LogP contribution is 2.29. The molecule has 1 aliphatic rings. The van der Waals surface area contributed by atoms with Crippen LogP contribution in [0.4, 0.5) is 0 Å². The third-order valence-electron chi connectivity index (χ3n) is 3.14. The van der Waals surface area contributed by atoms with Gasteiger partial charge in [0, 0.05) is 11.8 Å². The molecule has 1 N–H and O–H groups in total. The summed E-state index contributed by atoms with van der Waals surface area (Å²) in [6.07, 6.45) is 3.42. The van der Waals surface area contributed by atoms with E-state index in [-0.39, 0.29) is 17.6 Å². The zero-order chi connectivity index (χ0) is 10.7. The number of rotatable bonds is 3. The monoisotopic (exact) mass is 198 g/mol. The van der Waals surface area contributed by atoms with E-state index < -0.39 is 11.9 Å². The summed E-state index contributed by atoms with van der Waals surface area (Å²) in [4.78, 5) is 22.3. The van der Waals surface area contributed by atoms with Crippen LogP contribution in [0.25, 0.3) is 0 Å². The molecule has 0 aromatic heterocycles. The topological polar surface area (TPSA) is 54.4 Å². The summed E-state index contributed by atoms with van der Waals surface area (Å²) in [5, 5.41) is 8.75. The van der Waals surface area contributed by atoms with Crippen molar-refractivity contribution in [1.29, 1.82) is 0 Å². The van der Waals surface area contributed by atoms with Gasteiger partial charge in [-0.15, -0.1) is 0 Å². The summed E-state index contributed by atoms with van der Waals surface area (Å²) >= 11 is 0. The van der Waals surface area contributed by atoms with Crippen molar-refractivity contribution < 1.29 is 14.7 Å². The number of carboxylic acids is 1. The van der Waals surface area contributed by atoms with Crippen LogP contribution in [0.15, 0.2) is 0 Å². The average molecular weight is 198 g/mol. The standard InChI is InChI=1S/C11H18O3/c1-7-4-3-5-9(10(7)12)6-8(2)11(13)14/h7-9H,3-6H2,1-2H3,(H,13,14). The summed E-state index contributed by atoms with van der Waals surface area (Å²) in [6, 6.07) is 0. The maximum atomic E-state index is 11.7. The Kier molecular flexibility index (Phi) is 3.67. The molecule has 0 amide bonds. The minimum atomic E-state index is -0.795. The Morgan fingerprint density at radius 1 is 1.57 bits per heavy atom. The van der Waals surface area contributed by atoms with E-state index in [0.29, 0.717) is 6.42 Å². The molecule has 0 radical (unpaired) electrons. The zero-order valence-corrected chi connectivity index (χ0v) is 8.82. The lowest BCUT2D eigenvalue weighted by Gasteiger charge is -2.26. The van der Waals surface area contributed by atoms with Crippen molar-refractivity contribution in [2.24, 2.45) is 17.8 Å². The second-order valence-corrected chi connectivity index (χ2v) is 4.41. The molecule has 1 fully saturated rings. The molecule has 0 bridgehead atoms. The number of Topliss-reactive ketones (excluding diaryl/α,β-unsaturated/α-hetero) is 1. The van der Waals surface area contributed by atoms with Crippen LogP contribution in [0.5, 0.6) is 0 Å². The Morgan fingerprint density at radius 3 is 2.79 bits per heavy atom. The molecule has 3 atom stereocenters. The van der Waals surface area contributed by atoms with Crippen molar-refractivity contribution in [3.8, 4) is 0 Å². The SMILES string of the molecule is CC(CC1CCCC(C)C1=O)C(=O)O.